The van der Waals surface area contributed by atoms with Gasteiger partial charge in [0, 0.05) is 10.8 Å². The lowest BCUT2D eigenvalue weighted by atomic mass is 9.52. The minimum Gasteiger partial charge on any atom is -0.368 e. The molecule has 1 heterocycles. The van der Waals surface area contributed by atoms with Crippen LogP contribution in [0.5, 0.6) is 0 Å². The topological polar surface area (TPSA) is 147 Å². The van der Waals surface area contributed by atoms with E-state index in [1.54, 1.807) is 48.5 Å². The first kappa shape index (κ1) is 24.5. The minimum absolute atomic E-state index is 0.223. The summed E-state index contributed by atoms with van der Waals surface area (Å²) >= 11 is 0. The molecule has 5 N–H and O–H groups in total. The van der Waals surface area contributed by atoms with Crippen LogP contribution in [0.4, 0.5) is 0 Å². The summed E-state index contributed by atoms with van der Waals surface area (Å²) in [6.07, 6.45) is 2.32. The van der Waals surface area contributed by atoms with Gasteiger partial charge in [-0.3, -0.25) is 24.1 Å². The molecule has 180 valence electrons. The van der Waals surface area contributed by atoms with Gasteiger partial charge in [-0.15, -0.1) is 0 Å². The van der Waals surface area contributed by atoms with Crippen LogP contribution in [-0.2, 0) is 19.2 Å². The Morgan fingerprint density at radius 3 is 1.34 bits per heavy atom. The number of nitrogens with two attached hydrogens (primary N) is 2. The fourth-order valence-electron chi connectivity index (χ4n) is 5.92. The molecule has 1 saturated heterocycles. The van der Waals surface area contributed by atoms with Crippen molar-refractivity contribution in [1.29, 1.82) is 0 Å². The Balaban J connectivity index is 2.46. The Morgan fingerprint density at radius 1 is 0.719 bits per heavy atom. The normalized spacial score (nSPS) is 31.1. The van der Waals surface area contributed by atoms with Gasteiger partial charge in [-0.05, 0) is 45.4 Å². The fourth-order valence-corrected chi connectivity index (χ4v) is 5.92. The van der Waals surface area contributed by atoms with Gasteiger partial charge in [0.25, 0.3) is 5.91 Å². The Morgan fingerprint density at radius 2 is 1.09 bits per heavy atom. The third-order valence-electron chi connectivity index (χ3n) is 8.06. The van der Waals surface area contributed by atoms with Crippen molar-refractivity contribution in [3.63, 3.8) is 0 Å². The first-order chi connectivity index (χ1) is 14.4. The van der Waals surface area contributed by atoms with E-state index in [1.807, 2.05) is 0 Å². The van der Waals surface area contributed by atoms with E-state index >= 15 is 0 Å². The summed E-state index contributed by atoms with van der Waals surface area (Å²) < 4.78 is 0. The summed E-state index contributed by atoms with van der Waals surface area (Å²) in [6, 6.07) is 0. The average Bonchev–Trinajstić information content (AvgIpc) is 2.56. The summed E-state index contributed by atoms with van der Waals surface area (Å²) in [5, 5.41) is 12.2. The van der Waals surface area contributed by atoms with E-state index in [-0.39, 0.29) is 12.8 Å². The van der Waals surface area contributed by atoms with Crippen molar-refractivity contribution in [3.8, 4) is 0 Å². The summed E-state index contributed by atoms with van der Waals surface area (Å²) in [6.45, 7) is 11.8. The standard InChI is InChI=1S/C23H38N4O5/c1-18(2,3)16(30)26-20(7,14(24)28)21(10-8-11-21)27(17(31)19(4,5)6)23(32,15(25)29)22(26)12-9-13-22/h32H,8-13H2,1-7H3,(H2,24,28)(H2,25,29)/t20-,23+/m0/s1. The van der Waals surface area contributed by atoms with Crippen molar-refractivity contribution in [2.45, 2.75) is 109 Å². The molecule has 0 unspecified atom stereocenters. The maximum absolute atomic E-state index is 13.9. The number of hydrogen-bond donors (Lipinski definition) is 3. The molecular weight excluding hydrogens is 412 g/mol. The van der Waals surface area contributed by atoms with Crippen molar-refractivity contribution in [2.24, 2.45) is 22.3 Å². The molecule has 3 rings (SSSR count). The van der Waals surface area contributed by atoms with Crippen molar-refractivity contribution >= 4 is 23.6 Å². The quantitative estimate of drug-likeness (QED) is 0.574. The lowest BCUT2D eigenvalue weighted by Crippen LogP contribution is -2.96. The highest BCUT2D eigenvalue weighted by Crippen LogP contribution is 2.64. The van der Waals surface area contributed by atoms with Crippen LogP contribution in [0.15, 0.2) is 0 Å². The summed E-state index contributed by atoms with van der Waals surface area (Å²) in [5.41, 5.74) is 3.01. The van der Waals surface area contributed by atoms with E-state index in [0.717, 1.165) is 0 Å². The molecule has 9 nitrogen and oxygen atoms in total. The number of primary amides is 2. The summed E-state index contributed by atoms with van der Waals surface area (Å²) in [7, 11) is 0. The number of carbonyl (C=O) groups excluding carboxylic acids is 4. The van der Waals surface area contributed by atoms with Gasteiger partial charge in [-0.1, -0.05) is 41.5 Å². The van der Waals surface area contributed by atoms with Gasteiger partial charge >= 0.3 is 0 Å². The van der Waals surface area contributed by atoms with Gasteiger partial charge in [-0.25, -0.2) is 0 Å². The molecule has 2 saturated carbocycles. The lowest BCUT2D eigenvalue weighted by molar-refractivity contribution is -0.313. The van der Waals surface area contributed by atoms with Crippen LogP contribution in [-0.4, -0.2) is 60.9 Å². The summed E-state index contributed by atoms with van der Waals surface area (Å²) in [5.74, 6) is -2.77. The first-order valence-corrected chi connectivity index (χ1v) is 11.4. The molecule has 3 fully saturated rings. The van der Waals surface area contributed by atoms with Crippen molar-refractivity contribution < 1.29 is 24.3 Å². The Labute approximate surface area is 189 Å². The molecule has 3 aliphatic rings. The molecule has 0 aromatic heterocycles. The van der Waals surface area contributed by atoms with Crippen molar-refractivity contribution in [1.82, 2.24) is 9.80 Å². The van der Waals surface area contributed by atoms with E-state index in [9.17, 15) is 24.3 Å². The number of amides is 4. The van der Waals surface area contributed by atoms with E-state index in [0.29, 0.717) is 25.7 Å². The number of nitrogens with zero attached hydrogens (tertiary/aromatic N) is 2. The number of aliphatic hydroxyl groups is 1. The van der Waals surface area contributed by atoms with Crippen LogP contribution in [0.3, 0.4) is 0 Å². The first-order valence-electron chi connectivity index (χ1n) is 11.4. The highest BCUT2D eigenvalue weighted by atomic mass is 16.3. The molecule has 1 aliphatic heterocycles. The molecule has 0 aromatic carbocycles. The van der Waals surface area contributed by atoms with Crippen LogP contribution >= 0.6 is 0 Å². The van der Waals surface area contributed by atoms with Crippen molar-refractivity contribution in [2.75, 3.05) is 0 Å². The van der Waals surface area contributed by atoms with Gasteiger partial charge in [0.1, 0.15) is 11.1 Å². The molecule has 32 heavy (non-hydrogen) atoms. The Kier molecular flexibility index (Phi) is 5.11. The second-order valence-corrected chi connectivity index (χ2v) is 12.0. The second kappa shape index (κ2) is 6.68. The number of piperazine rings is 1. The SMILES string of the molecule is CC(C)(C)C(=O)N1C2(CCC2)[C@](O)(C(N)=O)N(C(=O)C(C)(C)C)C2(CCC2)[C@]1(C)C(N)=O. The zero-order chi connectivity index (χ0) is 24.7. The second-order valence-electron chi connectivity index (χ2n) is 12.0. The molecule has 2 atom stereocenters. The highest BCUT2D eigenvalue weighted by molar-refractivity contribution is 6.00. The van der Waals surface area contributed by atoms with Gasteiger partial charge in [-0.2, -0.15) is 0 Å². The average molecular weight is 451 g/mol. The van der Waals surface area contributed by atoms with Gasteiger partial charge in [0.05, 0.1) is 5.54 Å². The predicted molar refractivity (Wildman–Crippen MR) is 118 cm³/mol. The molecule has 0 radical (unpaired) electrons. The maximum Gasteiger partial charge on any atom is 0.273 e. The molecule has 2 spiro atoms. The maximum atomic E-state index is 13.9. The number of hydrogen-bond acceptors (Lipinski definition) is 5. The van der Waals surface area contributed by atoms with Gasteiger partial charge < -0.3 is 21.5 Å². The third kappa shape index (κ3) is 2.60. The van der Waals surface area contributed by atoms with E-state index in [4.69, 9.17) is 11.5 Å². The van der Waals surface area contributed by atoms with Gasteiger partial charge in [0.2, 0.25) is 23.4 Å². The molecule has 2 aliphatic carbocycles. The zero-order valence-electron chi connectivity index (χ0n) is 20.4. The number of rotatable bonds is 2. The molecular formula is C23H38N4O5. The summed E-state index contributed by atoms with van der Waals surface area (Å²) in [4.78, 5) is 56.6. The largest absolute Gasteiger partial charge is 0.368 e. The Hall–Kier alpha value is -2.16. The van der Waals surface area contributed by atoms with Gasteiger partial charge in [0.15, 0.2) is 0 Å². The molecule has 0 aromatic rings. The predicted octanol–water partition coefficient (Wildman–Crippen LogP) is 1.01. The van der Waals surface area contributed by atoms with Crippen LogP contribution in [0.1, 0.15) is 87.0 Å². The minimum atomic E-state index is -2.47. The highest BCUT2D eigenvalue weighted by Gasteiger charge is 2.82. The zero-order valence-corrected chi connectivity index (χ0v) is 20.4. The fraction of sp³-hybridized carbons (Fsp3) is 0.826. The smallest absolute Gasteiger partial charge is 0.273 e. The number of carbonyl (C=O) groups is 4. The van der Waals surface area contributed by atoms with E-state index in [2.05, 4.69) is 0 Å². The molecule has 4 amide bonds. The molecule has 9 heteroatoms. The van der Waals surface area contributed by atoms with Crippen LogP contribution < -0.4 is 11.5 Å². The lowest BCUT2D eigenvalue weighted by Gasteiger charge is -2.76. The van der Waals surface area contributed by atoms with E-state index < -0.39 is 56.8 Å². The molecule has 0 bridgehead atoms. The van der Waals surface area contributed by atoms with Crippen LogP contribution in [0.2, 0.25) is 0 Å². The van der Waals surface area contributed by atoms with Crippen molar-refractivity contribution in [3.05, 3.63) is 0 Å². The Bertz CT molecular complexity index is 806. The third-order valence-corrected chi connectivity index (χ3v) is 8.06. The monoisotopic (exact) mass is 450 g/mol. The van der Waals surface area contributed by atoms with Crippen LogP contribution in [0, 0.1) is 10.8 Å². The van der Waals surface area contributed by atoms with E-state index in [1.165, 1.54) is 9.80 Å². The van der Waals surface area contributed by atoms with Crippen LogP contribution in [0.25, 0.3) is 0 Å².